The Morgan fingerprint density at radius 3 is 2.96 bits per heavy atom. The van der Waals surface area contributed by atoms with Crippen LogP contribution in [0.25, 0.3) is 0 Å². The molecule has 2 aromatic heterocycles. The number of aromatic nitrogens is 5. The molecule has 0 saturated carbocycles. The molecule has 0 spiro atoms. The van der Waals surface area contributed by atoms with Crippen molar-refractivity contribution in [2.24, 2.45) is 0 Å². The first-order valence-corrected chi connectivity index (χ1v) is 8.33. The smallest absolute Gasteiger partial charge is 0.222 e. The van der Waals surface area contributed by atoms with Crippen LogP contribution in [0.3, 0.4) is 0 Å². The molecule has 1 saturated heterocycles. The van der Waals surface area contributed by atoms with Gasteiger partial charge in [0.25, 0.3) is 0 Å². The second-order valence-corrected chi connectivity index (χ2v) is 6.24. The maximum Gasteiger partial charge on any atom is 0.222 e. The molecule has 23 heavy (non-hydrogen) atoms. The Morgan fingerprint density at radius 1 is 1.30 bits per heavy atom. The van der Waals surface area contributed by atoms with E-state index in [4.69, 9.17) is 0 Å². The lowest BCUT2D eigenvalue weighted by molar-refractivity contribution is -0.135. The van der Waals surface area contributed by atoms with Gasteiger partial charge in [0, 0.05) is 25.7 Å². The summed E-state index contributed by atoms with van der Waals surface area (Å²) in [6.45, 7) is 4.44. The third kappa shape index (κ3) is 4.18. The molecule has 0 radical (unpaired) electrons. The zero-order valence-electron chi connectivity index (χ0n) is 13.6. The minimum Gasteiger partial charge on any atom is -0.338 e. The highest BCUT2D eigenvalue weighted by Crippen LogP contribution is 2.20. The summed E-state index contributed by atoms with van der Waals surface area (Å²) in [5, 5.41) is 8.43. The first-order chi connectivity index (χ1) is 11.2. The summed E-state index contributed by atoms with van der Waals surface area (Å²) in [6, 6.07) is 0.266. The predicted octanol–water partition coefficient (Wildman–Crippen LogP) is 1.64. The van der Waals surface area contributed by atoms with Crippen molar-refractivity contribution in [1.82, 2.24) is 29.4 Å². The molecule has 0 unspecified atom stereocenters. The van der Waals surface area contributed by atoms with Crippen LogP contribution in [0.2, 0.25) is 0 Å². The van der Waals surface area contributed by atoms with Gasteiger partial charge in [-0.05, 0) is 38.2 Å². The summed E-state index contributed by atoms with van der Waals surface area (Å²) in [7, 11) is 0. The average Bonchev–Trinajstić information content (AvgIpc) is 3.20. The molecule has 1 fully saturated rings. The quantitative estimate of drug-likeness (QED) is 0.812. The number of carbonyl (C=O) groups excluding carboxylic acids is 1. The van der Waals surface area contributed by atoms with Gasteiger partial charge in [-0.15, -0.1) is 0 Å². The Labute approximate surface area is 136 Å². The lowest BCUT2D eigenvalue weighted by atomic mass is 10.0. The molecule has 1 aliphatic heterocycles. The van der Waals surface area contributed by atoms with Crippen molar-refractivity contribution in [2.75, 3.05) is 6.54 Å². The Morgan fingerprint density at radius 2 is 2.22 bits per heavy atom. The molecule has 124 valence electrons. The third-order valence-electron chi connectivity index (χ3n) is 4.35. The largest absolute Gasteiger partial charge is 0.338 e. The van der Waals surface area contributed by atoms with Crippen LogP contribution in [-0.2, 0) is 17.9 Å². The second-order valence-electron chi connectivity index (χ2n) is 6.24. The minimum absolute atomic E-state index is 0.249. The first-order valence-electron chi connectivity index (χ1n) is 8.33. The summed E-state index contributed by atoms with van der Waals surface area (Å²) in [4.78, 5) is 18.6. The molecule has 3 rings (SSSR count). The molecule has 0 N–H and O–H groups in total. The fourth-order valence-corrected chi connectivity index (χ4v) is 3.19. The lowest BCUT2D eigenvalue weighted by Gasteiger charge is -2.36. The standard InChI is InChI=1S/C16H24N6O/c1-14-9-18-21(10-14)11-15-5-2-3-8-22(15)16(23)6-4-7-20-13-17-12-19-20/h9-10,12-13,15H,2-8,11H2,1H3/t15-/m0/s1. The number of piperidine rings is 1. The van der Waals surface area contributed by atoms with Crippen LogP contribution < -0.4 is 0 Å². The Balaban J connectivity index is 1.53. The maximum absolute atomic E-state index is 12.6. The first kappa shape index (κ1) is 15.7. The number of rotatable bonds is 6. The highest BCUT2D eigenvalue weighted by atomic mass is 16.2. The van der Waals surface area contributed by atoms with Crippen molar-refractivity contribution in [3.05, 3.63) is 30.6 Å². The molecule has 1 aliphatic rings. The van der Waals surface area contributed by atoms with E-state index in [1.54, 1.807) is 11.0 Å². The van der Waals surface area contributed by atoms with Crippen molar-refractivity contribution < 1.29 is 4.79 Å². The summed E-state index contributed by atoms with van der Waals surface area (Å²) < 4.78 is 3.73. The monoisotopic (exact) mass is 316 g/mol. The maximum atomic E-state index is 12.6. The normalized spacial score (nSPS) is 18.3. The van der Waals surface area contributed by atoms with Crippen molar-refractivity contribution in [3.63, 3.8) is 0 Å². The van der Waals surface area contributed by atoms with Gasteiger partial charge in [0.2, 0.25) is 5.91 Å². The Hall–Kier alpha value is -2.18. The van der Waals surface area contributed by atoms with Crippen molar-refractivity contribution >= 4 is 5.91 Å². The van der Waals surface area contributed by atoms with E-state index in [9.17, 15) is 4.79 Å². The van der Waals surface area contributed by atoms with E-state index in [0.29, 0.717) is 6.42 Å². The van der Waals surface area contributed by atoms with E-state index in [0.717, 1.165) is 44.5 Å². The van der Waals surface area contributed by atoms with Crippen LogP contribution >= 0.6 is 0 Å². The summed E-state index contributed by atoms with van der Waals surface area (Å²) in [6.07, 6.45) is 11.8. The molecule has 1 atom stereocenters. The molecule has 0 bridgehead atoms. The van der Waals surface area contributed by atoms with Crippen LogP contribution in [0.4, 0.5) is 0 Å². The van der Waals surface area contributed by atoms with Crippen molar-refractivity contribution in [1.29, 1.82) is 0 Å². The van der Waals surface area contributed by atoms with E-state index >= 15 is 0 Å². The molecule has 7 heteroatoms. The van der Waals surface area contributed by atoms with Crippen LogP contribution in [0, 0.1) is 6.92 Å². The number of nitrogens with zero attached hydrogens (tertiary/aromatic N) is 6. The molecule has 3 heterocycles. The van der Waals surface area contributed by atoms with Gasteiger partial charge in [-0.1, -0.05) is 0 Å². The highest BCUT2D eigenvalue weighted by Gasteiger charge is 2.26. The minimum atomic E-state index is 0.249. The van der Waals surface area contributed by atoms with Gasteiger partial charge in [-0.2, -0.15) is 10.2 Å². The predicted molar refractivity (Wildman–Crippen MR) is 85.6 cm³/mol. The van der Waals surface area contributed by atoms with Gasteiger partial charge < -0.3 is 4.90 Å². The number of carbonyl (C=O) groups is 1. The van der Waals surface area contributed by atoms with Crippen molar-refractivity contribution in [3.8, 4) is 0 Å². The number of amides is 1. The van der Waals surface area contributed by atoms with E-state index in [1.165, 1.54) is 12.7 Å². The summed E-state index contributed by atoms with van der Waals surface area (Å²) in [5.74, 6) is 0.249. The fourth-order valence-electron chi connectivity index (χ4n) is 3.19. The second kappa shape index (κ2) is 7.39. The van der Waals surface area contributed by atoms with E-state index in [2.05, 4.69) is 20.1 Å². The van der Waals surface area contributed by atoms with Crippen molar-refractivity contribution in [2.45, 2.75) is 58.2 Å². The van der Waals surface area contributed by atoms with Gasteiger partial charge in [0.05, 0.1) is 18.8 Å². The van der Waals surface area contributed by atoms with Crippen LogP contribution in [0.15, 0.2) is 25.0 Å². The topological polar surface area (TPSA) is 68.8 Å². The molecule has 7 nitrogen and oxygen atoms in total. The van der Waals surface area contributed by atoms with Gasteiger partial charge in [0.15, 0.2) is 0 Å². The van der Waals surface area contributed by atoms with E-state index in [1.807, 2.05) is 24.0 Å². The molecule has 0 aliphatic carbocycles. The molecular weight excluding hydrogens is 292 g/mol. The highest BCUT2D eigenvalue weighted by molar-refractivity contribution is 5.76. The molecule has 2 aromatic rings. The van der Waals surface area contributed by atoms with Crippen LogP contribution in [-0.4, -0.2) is 47.9 Å². The SMILES string of the molecule is Cc1cnn(C[C@@H]2CCCCN2C(=O)CCCn2cncn2)c1. The summed E-state index contributed by atoms with van der Waals surface area (Å²) >= 11 is 0. The Bertz CT molecular complexity index is 620. The van der Waals surface area contributed by atoms with Crippen LogP contribution in [0.1, 0.15) is 37.7 Å². The molecule has 0 aromatic carbocycles. The number of hydrogen-bond acceptors (Lipinski definition) is 4. The Kier molecular flexibility index (Phi) is 5.05. The number of hydrogen-bond donors (Lipinski definition) is 0. The molecule has 1 amide bonds. The van der Waals surface area contributed by atoms with E-state index < -0.39 is 0 Å². The van der Waals surface area contributed by atoms with Gasteiger partial charge in [0.1, 0.15) is 12.7 Å². The van der Waals surface area contributed by atoms with E-state index in [-0.39, 0.29) is 11.9 Å². The zero-order valence-corrected chi connectivity index (χ0v) is 13.6. The van der Waals surface area contributed by atoms with Crippen LogP contribution in [0.5, 0.6) is 0 Å². The summed E-state index contributed by atoms with van der Waals surface area (Å²) in [5.41, 5.74) is 1.16. The average molecular weight is 316 g/mol. The van der Waals surface area contributed by atoms with Gasteiger partial charge in [-0.3, -0.25) is 14.2 Å². The zero-order chi connectivity index (χ0) is 16.1. The van der Waals surface area contributed by atoms with Gasteiger partial charge in [-0.25, -0.2) is 4.98 Å². The van der Waals surface area contributed by atoms with Gasteiger partial charge >= 0.3 is 0 Å². The fraction of sp³-hybridized carbons (Fsp3) is 0.625. The number of likely N-dealkylation sites (tertiary alicyclic amines) is 1. The lowest BCUT2D eigenvalue weighted by Crippen LogP contribution is -2.45. The molecular formula is C16H24N6O. The third-order valence-corrected chi connectivity index (χ3v) is 4.35. The number of aryl methyl sites for hydroxylation is 2.